The summed E-state index contributed by atoms with van der Waals surface area (Å²) in [6, 6.07) is 10.9. The minimum atomic E-state index is -0.678. The monoisotopic (exact) mass is 316 g/mol. The zero-order valence-electron chi connectivity index (χ0n) is 11.2. The van der Waals surface area contributed by atoms with Crippen molar-refractivity contribution in [3.05, 3.63) is 71.5 Å². The summed E-state index contributed by atoms with van der Waals surface area (Å²) in [4.78, 5) is 16.1. The lowest BCUT2D eigenvalue weighted by molar-refractivity contribution is 0.102. The first kappa shape index (κ1) is 14.2. The second-order valence-electron chi connectivity index (χ2n) is 4.44. The van der Waals surface area contributed by atoms with E-state index in [1.54, 1.807) is 24.3 Å². The smallest absolute Gasteiger partial charge is 0.258 e. The number of halogens is 2. The van der Waals surface area contributed by atoms with Gasteiger partial charge in [-0.3, -0.25) is 4.79 Å². The lowest BCUT2D eigenvalue weighted by Crippen LogP contribution is -2.15. The molecule has 1 aromatic heterocycles. The van der Waals surface area contributed by atoms with Gasteiger partial charge in [-0.1, -0.05) is 23.7 Å². The molecule has 1 heterocycles. The van der Waals surface area contributed by atoms with E-state index in [-0.39, 0.29) is 10.6 Å². The van der Waals surface area contributed by atoms with E-state index in [0.29, 0.717) is 11.4 Å². The van der Waals surface area contributed by atoms with E-state index in [2.05, 4.69) is 15.4 Å². The molecule has 0 saturated heterocycles. The molecule has 0 unspecified atom stereocenters. The number of anilines is 1. The molecule has 0 spiro atoms. The standard InChI is InChI=1S/C15H10ClFN4O/c16-10-5-6-11(12(17)7-10)15(22)20-13-3-1-2-4-14(13)21-9-18-8-19-21/h1-9H,(H,20,22). The minimum absolute atomic E-state index is 0.0854. The van der Waals surface area contributed by atoms with Crippen LogP contribution < -0.4 is 5.32 Å². The van der Waals surface area contributed by atoms with Crippen molar-refractivity contribution < 1.29 is 9.18 Å². The van der Waals surface area contributed by atoms with E-state index in [1.807, 2.05) is 0 Å². The van der Waals surface area contributed by atoms with E-state index < -0.39 is 11.7 Å². The van der Waals surface area contributed by atoms with E-state index >= 15 is 0 Å². The third kappa shape index (κ3) is 2.82. The number of nitrogens with one attached hydrogen (secondary N) is 1. The molecule has 0 radical (unpaired) electrons. The molecular weight excluding hydrogens is 307 g/mol. The van der Waals surface area contributed by atoms with Crippen LogP contribution in [-0.4, -0.2) is 20.7 Å². The summed E-state index contributed by atoms with van der Waals surface area (Å²) in [5.74, 6) is -1.25. The van der Waals surface area contributed by atoms with Crippen molar-refractivity contribution in [1.82, 2.24) is 14.8 Å². The van der Waals surface area contributed by atoms with Crippen molar-refractivity contribution in [2.75, 3.05) is 5.32 Å². The van der Waals surface area contributed by atoms with Gasteiger partial charge in [0.25, 0.3) is 5.91 Å². The summed E-state index contributed by atoms with van der Waals surface area (Å²) in [5.41, 5.74) is 1.04. The number of hydrogen-bond donors (Lipinski definition) is 1. The maximum atomic E-state index is 13.8. The first-order valence-corrected chi connectivity index (χ1v) is 6.73. The van der Waals surface area contributed by atoms with Crippen molar-refractivity contribution in [3.63, 3.8) is 0 Å². The highest BCUT2D eigenvalue weighted by Gasteiger charge is 2.14. The van der Waals surface area contributed by atoms with Crippen molar-refractivity contribution >= 4 is 23.2 Å². The van der Waals surface area contributed by atoms with Gasteiger partial charge in [0.15, 0.2) is 0 Å². The molecule has 110 valence electrons. The SMILES string of the molecule is O=C(Nc1ccccc1-n1cncn1)c1ccc(Cl)cc1F. The third-order valence-corrected chi connectivity index (χ3v) is 3.23. The molecule has 0 fully saturated rings. The number of carbonyl (C=O) groups excluding carboxylic acids is 1. The van der Waals surface area contributed by atoms with Gasteiger partial charge in [-0.05, 0) is 30.3 Å². The molecule has 0 saturated carbocycles. The Kier molecular flexibility index (Phi) is 3.84. The van der Waals surface area contributed by atoms with E-state index in [1.165, 1.54) is 29.5 Å². The van der Waals surface area contributed by atoms with Gasteiger partial charge in [0.1, 0.15) is 18.5 Å². The van der Waals surface area contributed by atoms with E-state index in [4.69, 9.17) is 11.6 Å². The number of para-hydroxylation sites is 2. The number of hydrogen-bond acceptors (Lipinski definition) is 3. The molecule has 3 aromatic rings. The fraction of sp³-hybridized carbons (Fsp3) is 0. The summed E-state index contributed by atoms with van der Waals surface area (Å²) in [6.45, 7) is 0. The second-order valence-corrected chi connectivity index (χ2v) is 4.87. The average molecular weight is 317 g/mol. The van der Waals surface area contributed by atoms with Crippen LogP contribution in [0.15, 0.2) is 55.1 Å². The molecule has 1 N–H and O–H groups in total. The number of rotatable bonds is 3. The fourth-order valence-corrected chi connectivity index (χ4v) is 2.13. The average Bonchev–Trinajstić information content (AvgIpc) is 3.01. The second kappa shape index (κ2) is 5.95. The normalized spacial score (nSPS) is 10.5. The number of nitrogens with zero attached hydrogens (tertiary/aromatic N) is 3. The predicted molar refractivity (Wildman–Crippen MR) is 80.7 cm³/mol. The molecule has 5 nitrogen and oxygen atoms in total. The summed E-state index contributed by atoms with van der Waals surface area (Å²) in [7, 11) is 0. The largest absolute Gasteiger partial charge is 0.320 e. The van der Waals surface area contributed by atoms with Gasteiger partial charge >= 0.3 is 0 Å². The van der Waals surface area contributed by atoms with Crippen LogP contribution in [0.2, 0.25) is 5.02 Å². The highest BCUT2D eigenvalue weighted by molar-refractivity contribution is 6.30. The van der Waals surface area contributed by atoms with Crippen LogP contribution in [0, 0.1) is 5.82 Å². The first-order valence-electron chi connectivity index (χ1n) is 6.35. The van der Waals surface area contributed by atoms with Crippen molar-refractivity contribution in [1.29, 1.82) is 0 Å². The van der Waals surface area contributed by atoms with Crippen LogP contribution in [0.5, 0.6) is 0 Å². The molecule has 2 aromatic carbocycles. The molecular formula is C15H10ClFN4O. The van der Waals surface area contributed by atoms with Crippen LogP contribution in [0.1, 0.15) is 10.4 Å². The summed E-state index contributed by atoms with van der Waals surface area (Å²) < 4.78 is 15.3. The molecule has 0 bridgehead atoms. The number of amides is 1. The Hall–Kier alpha value is -2.73. The van der Waals surface area contributed by atoms with Crippen molar-refractivity contribution in [3.8, 4) is 5.69 Å². The molecule has 0 aliphatic carbocycles. The maximum absolute atomic E-state index is 13.8. The van der Waals surface area contributed by atoms with E-state index in [9.17, 15) is 9.18 Å². The van der Waals surface area contributed by atoms with Gasteiger partial charge in [0, 0.05) is 5.02 Å². The molecule has 7 heteroatoms. The van der Waals surface area contributed by atoms with Crippen LogP contribution in [0.25, 0.3) is 5.69 Å². The van der Waals surface area contributed by atoms with Crippen molar-refractivity contribution in [2.24, 2.45) is 0 Å². The molecule has 0 atom stereocenters. The Morgan fingerprint density at radius 3 is 2.77 bits per heavy atom. The van der Waals surface area contributed by atoms with Gasteiger partial charge < -0.3 is 5.32 Å². The van der Waals surface area contributed by atoms with Crippen LogP contribution >= 0.6 is 11.6 Å². The highest BCUT2D eigenvalue weighted by atomic mass is 35.5. The molecule has 22 heavy (non-hydrogen) atoms. The van der Waals surface area contributed by atoms with Gasteiger partial charge in [0.2, 0.25) is 0 Å². The van der Waals surface area contributed by atoms with Gasteiger partial charge in [-0.2, -0.15) is 5.10 Å². The Morgan fingerprint density at radius 1 is 1.23 bits per heavy atom. The molecule has 3 rings (SSSR count). The first-order chi connectivity index (χ1) is 10.6. The topological polar surface area (TPSA) is 59.8 Å². The Labute approximate surface area is 130 Å². The van der Waals surface area contributed by atoms with Crippen LogP contribution in [-0.2, 0) is 0 Å². The van der Waals surface area contributed by atoms with Gasteiger partial charge in [-0.25, -0.2) is 14.1 Å². The lowest BCUT2D eigenvalue weighted by Gasteiger charge is -2.11. The molecule has 0 aliphatic heterocycles. The molecule has 0 aliphatic rings. The summed E-state index contributed by atoms with van der Waals surface area (Å²) in [5, 5.41) is 6.92. The maximum Gasteiger partial charge on any atom is 0.258 e. The van der Waals surface area contributed by atoms with Crippen molar-refractivity contribution in [2.45, 2.75) is 0 Å². The molecule has 1 amide bonds. The summed E-state index contributed by atoms with van der Waals surface area (Å²) in [6.07, 6.45) is 2.89. The predicted octanol–water partition coefficient (Wildman–Crippen LogP) is 3.31. The zero-order chi connectivity index (χ0) is 15.5. The Morgan fingerprint density at radius 2 is 2.05 bits per heavy atom. The highest BCUT2D eigenvalue weighted by Crippen LogP contribution is 2.21. The Balaban J connectivity index is 1.92. The zero-order valence-corrected chi connectivity index (χ0v) is 12.0. The van der Waals surface area contributed by atoms with Crippen LogP contribution in [0.3, 0.4) is 0 Å². The third-order valence-electron chi connectivity index (χ3n) is 2.99. The van der Waals surface area contributed by atoms with Crippen LogP contribution in [0.4, 0.5) is 10.1 Å². The number of benzene rings is 2. The van der Waals surface area contributed by atoms with Gasteiger partial charge in [-0.15, -0.1) is 0 Å². The Bertz CT molecular complexity index is 820. The number of carbonyl (C=O) groups is 1. The van der Waals surface area contributed by atoms with Gasteiger partial charge in [0.05, 0.1) is 16.9 Å². The van der Waals surface area contributed by atoms with E-state index in [0.717, 1.165) is 6.07 Å². The fourth-order valence-electron chi connectivity index (χ4n) is 1.98. The summed E-state index contributed by atoms with van der Waals surface area (Å²) >= 11 is 5.68. The minimum Gasteiger partial charge on any atom is -0.320 e. The quantitative estimate of drug-likeness (QED) is 0.806. The number of aromatic nitrogens is 3. The lowest BCUT2D eigenvalue weighted by atomic mass is 10.2.